The third-order valence-corrected chi connectivity index (χ3v) is 2.97. The van der Waals surface area contributed by atoms with Crippen molar-refractivity contribution in [2.24, 2.45) is 5.92 Å². The van der Waals surface area contributed by atoms with Crippen LogP contribution in [0.15, 0.2) is 54.8 Å². The van der Waals surface area contributed by atoms with Crippen LogP contribution in [0.3, 0.4) is 0 Å². The number of allylic oxidation sites excluding steroid dienone is 1. The molecule has 0 saturated heterocycles. The minimum Gasteiger partial charge on any atom is -0.343 e. The number of hydrogen-bond acceptors (Lipinski definition) is 1. The summed E-state index contributed by atoms with van der Waals surface area (Å²) in [5.74, 6) is 2.66. The fraction of sp³-hybridized carbons (Fsp3) is 0.312. The van der Waals surface area contributed by atoms with Crippen molar-refractivity contribution in [3.05, 3.63) is 60.3 Å². The Morgan fingerprint density at radius 3 is 2.79 bits per heavy atom. The summed E-state index contributed by atoms with van der Waals surface area (Å²) in [5, 5.41) is 0. The Balaban J connectivity index is 1.92. The summed E-state index contributed by atoms with van der Waals surface area (Å²) in [6.45, 7) is 5.31. The monoisotopic (exact) mass is 251 g/mol. The second-order valence-corrected chi connectivity index (χ2v) is 5.01. The van der Waals surface area contributed by atoms with Crippen LogP contribution in [0, 0.1) is 5.92 Å². The molecule has 1 radical (unpaired) electrons. The summed E-state index contributed by atoms with van der Waals surface area (Å²) >= 11 is 0. The topological polar surface area (TPSA) is 17.8 Å². The molecular weight excluding hydrogens is 231 g/mol. The molecule has 0 fully saturated rings. The number of imidazole rings is 1. The zero-order chi connectivity index (χ0) is 13.5. The number of benzene rings is 1. The first-order valence-corrected chi connectivity index (χ1v) is 6.82. The molecule has 1 aromatic carbocycles. The van der Waals surface area contributed by atoms with Crippen molar-refractivity contribution in [1.29, 1.82) is 0 Å². The van der Waals surface area contributed by atoms with Crippen molar-refractivity contribution in [1.82, 2.24) is 9.55 Å². The highest BCUT2D eigenvalue weighted by atomic mass is 15.0. The van der Waals surface area contributed by atoms with E-state index in [1.54, 1.807) is 0 Å². The standard InChI is InChI=1S/C16H20BN2/c1-14(2)8-10-17-16-18-11-13-19(16)12-9-15-6-4-3-5-7-15/h3-8,10-11,13-14H,9,12H2,1-2H3. The van der Waals surface area contributed by atoms with E-state index in [0.29, 0.717) is 5.92 Å². The number of aromatic nitrogens is 2. The maximum Gasteiger partial charge on any atom is 0.231 e. The Bertz CT molecular complexity index is 515. The summed E-state index contributed by atoms with van der Waals surface area (Å²) in [6.07, 6.45) is 7.11. The van der Waals surface area contributed by atoms with Crippen LogP contribution in [-0.2, 0) is 13.0 Å². The van der Waals surface area contributed by atoms with E-state index < -0.39 is 0 Å². The van der Waals surface area contributed by atoms with Gasteiger partial charge >= 0.3 is 0 Å². The minimum atomic E-state index is 0.573. The molecule has 0 aliphatic carbocycles. The van der Waals surface area contributed by atoms with E-state index in [4.69, 9.17) is 0 Å². The Kier molecular flexibility index (Phi) is 5.02. The number of aryl methyl sites for hydroxylation is 2. The largest absolute Gasteiger partial charge is 0.343 e. The van der Waals surface area contributed by atoms with Gasteiger partial charge in [0.1, 0.15) is 0 Å². The van der Waals surface area contributed by atoms with E-state index in [9.17, 15) is 0 Å². The number of nitrogens with zero attached hydrogens (tertiary/aromatic N) is 2. The molecule has 0 aliphatic heterocycles. The molecule has 97 valence electrons. The highest BCUT2D eigenvalue weighted by molar-refractivity contribution is 6.56. The molecule has 1 heterocycles. The van der Waals surface area contributed by atoms with Gasteiger partial charge in [-0.15, -0.1) is 5.98 Å². The lowest BCUT2D eigenvalue weighted by Crippen LogP contribution is -2.26. The first kappa shape index (κ1) is 13.7. The highest BCUT2D eigenvalue weighted by Crippen LogP contribution is 2.01. The molecule has 0 saturated carbocycles. The van der Waals surface area contributed by atoms with Gasteiger partial charge in [0.05, 0.1) is 5.72 Å². The molecule has 3 heteroatoms. The second-order valence-electron chi connectivity index (χ2n) is 5.01. The lowest BCUT2D eigenvalue weighted by atomic mass is 9.76. The lowest BCUT2D eigenvalue weighted by molar-refractivity contribution is 0.713. The number of hydrogen-bond donors (Lipinski definition) is 0. The zero-order valence-corrected chi connectivity index (χ0v) is 11.7. The minimum absolute atomic E-state index is 0.573. The fourth-order valence-corrected chi connectivity index (χ4v) is 1.93. The van der Waals surface area contributed by atoms with Crippen LogP contribution >= 0.6 is 0 Å². The van der Waals surface area contributed by atoms with E-state index in [1.165, 1.54) is 5.56 Å². The van der Waals surface area contributed by atoms with Crippen molar-refractivity contribution < 1.29 is 0 Å². The predicted octanol–water partition coefficient (Wildman–Crippen LogP) is 2.63. The molecular formula is C16H20BN2. The van der Waals surface area contributed by atoms with E-state index in [1.807, 2.05) is 12.4 Å². The van der Waals surface area contributed by atoms with Crippen LogP contribution in [0.25, 0.3) is 0 Å². The van der Waals surface area contributed by atoms with Gasteiger partial charge in [-0.05, 0) is 17.9 Å². The van der Waals surface area contributed by atoms with Gasteiger partial charge in [0, 0.05) is 18.9 Å². The molecule has 0 amide bonds. The first-order chi connectivity index (χ1) is 9.25. The van der Waals surface area contributed by atoms with Gasteiger partial charge in [0.15, 0.2) is 0 Å². The maximum absolute atomic E-state index is 4.38. The molecule has 2 aromatic rings. The molecule has 2 nitrogen and oxygen atoms in total. The van der Waals surface area contributed by atoms with Crippen molar-refractivity contribution in [2.45, 2.75) is 26.8 Å². The molecule has 0 bridgehead atoms. The highest BCUT2D eigenvalue weighted by Gasteiger charge is 2.02. The molecule has 0 spiro atoms. The van der Waals surface area contributed by atoms with Gasteiger partial charge in [0.2, 0.25) is 7.28 Å². The van der Waals surface area contributed by atoms with Crippen LogP contribution < -0.4 is 5.72 Å². The van der Waals surface area contributed by atoms with Gasteiger partial charge in [-0.3, -0.25) is 4.98 Å². The van der Waals surface area contributed by atoms with Crippen molar-refractivity contribution in [3.63, 3.8) is 0 Å². The lowest BCUT2D eigenvalue weighted by Gasteiger charge is -2.06. The molecule has 0 aliphatic rings. The van der Waals surface area contributed by atoms with Gasteiger partial charge in [-0.25, -0.2) is 0 Å². The Morgan fingerprint density at radius 1 is 1.26 bits per heavy atom. The molecule has 19 heavy (non-hydrogen) atoms. The summed E-state index contributed by atoms with van der Waals surface area (Å²) in [6, 6.07) is 10.6. The van der Waals surface area contributed by atoms with Gasteiger partial charge in [-0.2, -0.15) is 0 Å². The first-order valence-electron chi connectivity index (χ1n) is 6.82. The van der Waals surface area contributed by atoms with Crippen LogP contribution in [0.5, 0.6) is 0 Å². The van der Waals surface area contributed by atoms with Gasteiger partial charge in [0.25, 0.3) is 0 Å². The normalized spacial score (nSPS) is 11.3. The Hall–Kier alpha value is -1.77. The van der Waals surface area contributed by atoms with Gasteiger partial charge < -0.3 is 4.57 Å². The predicted molar refractivity (Wildman–Crippen MR) is 81.7 cm³/mol. The zero-order valence-electron chi connectivity index (χ0n) is 11.7. The fourth-order valence-electron chi connectivity index (χ4n) is 1.93. The van der Waals surface area contributed by atoms with Crippen LogP contribution in [-0.4, -0.2) is 16.8 Å². The van der Waals surface area contributed by atoms with E-state index in [-0.39, 0.29) is 0 Å². The third-order valence-electron chi connectivity index (χ3n) is 2.97. The molecule has 0 atom stereocenters. The van der Waals surface area contributed by atoms with E-state index >= 15 is 0 Å². The summed E-state index contributed by atoms with van der Waals surface area (Å²) in [7, 11) is 2.07. The van der Waals surface area contributed by atoms with Crippen molar-refractivity contribution >= 4 is 13.0 Å². The molecule has 1 aromatic heterocycles. The average Bonchev–Trinajstić information content (AvgIpc) is 2.85. The third kappa shape index (κ3) is 4.44. The van der Waals surface area contributed by atoms with Gasteiger partial charge in [-0.1, -0.05) is 50.3 Å². The van der Waals surface area contributed by atoms with Crippen LogP contribution in [0.1, 0.15) is 19.4 Å². The molecule has 2 rings (SSSR count). The molecule has 0 N–H and O–H groups in total. The summed E-state index contributed by atoms with van der Waals surface area (Å²) in [4.78, 5) is 4.38. The smallest absolute Gasteiger partial charge is 0.231 e. The SMILES string of the molecule is CC(C)C=C[B]c1nccn1CCc1ccccc1. The summed E-state index contributed by atoms with van der Waals surface area (Å²) in [5.41, 5.74) is 2.38. The summed E-state index contributed by atoms with van der Waals surface area (Å²) < 4.78 is 2.19. The van der Waals surface area contributed by atoms with Crippen molar-refractivity contribution in [3.8, 4) is 0 Å². The van der Waals surface area contributed by atoms with E-state index in [0.717, 1.165) is 18.7 Å². The maximum atomic E-state index is 4.38. The number of rotatable bonds is 6. The second kappa shape index (κ2) is 6.98. The van der Waals surface area contributed by atoms with Crippen LogP contribution in [0.2, 0.25) is 0 Å². The van der Waals surface area contributed by atoms with E-state index in [2.05, 4.69) is 73.1 Å². The molecule has 0 unspecified atom stereocenters. The average molecular weight is 251 g/mol. The Morgan fingerprint density at radius 2 is 2.05 bits per heavy atom. The van der Waals surface area contributed by atoms with Crippen molar-refractivity contribution in [2.75, 3.05) is 0 Å². The Labute approximate surface area is 116 Å². The quantitative estimate of drug-likeness (QED) is 0.721. The van der Waals surface area contributed by atoms with Crippen LogP contribution in [0.4, 0.5) is 0 Å².